The smallest absolute Gasteiger partial charge is 0.257 e. The maximum absolute atomic E-state index is 13.9. The minimum atomic E-state index is -0.458. The molecule has 0 N–H and O–H groups in total. The largest absolute Gasteiger partial charge is 0.346 e. The number of hydrogen-bond donors (Lipinski definition) is 0. The number of amides is 1. The van der Waals surface area contributed by atoms with Crippen molar-refractivity contribution in [2.75, 3.05) is 6.54 Å². The summed E-state index contributed by atoms with van der Waals surface area (Å²) in [6, 6.07) is 14.5. The van der Waals surface area contributed by atoms with E-state index in [1.165, 1.54) is 22.5 Å². The van der Waals surface area contributed by atoms with Gasteiger partial charge in [0.2, 0.25) is 0 Å². The zero-order chi connectivity index (χ0) is 16.0. The topological polar surface area (TPSA) is 25.2 Å². The molecule has 116 valence electrons. The van der Waals surface area contributed by atoms with Crippen LogP contribution in [0.3, 0.4) is 0 Å². The lowest BCUT2D eigenvalue weighted by atomic mass is 10.0. The maximum Gasteiger partial charge on any atom is 0.257 e. The number of aromatic nitrogens is 1. The van der Waals surface area contributed by atoms with Gasteiger partial charge in [0.15, 0.2) is 0 Å². The Balaban J connectivity index is 1.72. The van der Waals surface area contributed by atoms with Crippen LogP contribution < -0.4 is 0 Å². The van der Waals surface area contributed by atoms with E-state index in [0.29, 0.717) is 13.1 Å². The third kappa shape index (κ3) is 2.13. The summed E-state index contributed by atoms with van der Waals surface area (Å²) >= 11 is 0. The van der Waals surface area contributed by atoms with Crippen LogP contribution >= 0.6 is 0 Å². The van der Waals surface area contributed by atoms with Gasteiger partial charge in [-0.2, -0.15) is 0 Å². The molecule has 4 heteroatoms. The predicted octanol–water partition coefficient (Wildman–Crippen LogP) is 3.52. The highest BCUT2D eigenvalue weighted by Crippen LogP contribution is 2.30. The van der Waals surface area contributed by atoms with Gasteiger partial charge in [0.05, 0.1) is 12.1 Å². The Bertz CT molecular complexity index is 913. The van der Waals surface area contributed by atoms with Crippen LogP contribution in [-0.2, 0) is 20.0 Å². The van der Waals surface area contributed by atoms with Crippen molar-refractivity contribution < 1.29 is 9.18 Å². The monoisotopic (exact) mass is 308 g/mol. The molecule has 1 amide bonds. The summed E-state index contributed by atoms with van der Waals surface area (Å²) in [6.45, 7) is 1.14. The van der Waals surface area contributed by atoms with E-state index in [1.54, 1.807) is 23.1 Å². The van der Waals surface area contributed by atoms with E-state index in [2.05, 4.69) is 16.7 Å². The van der Waals surface area contributed by atoms with Crippen LogP contribution in [0.5, 0.6) is 0 Å². The summed E-state index contributed by atoms with van der Waals surface area (Å²) in [5.74, 6) is -0.695. The Hall–Kier alpha value is -2.62. The van der Waals surface area contributed by atoms with Crippen molar-refractivity contribution in [2.45, 2.75) is 13.0 Å². The molecular weight excluding hydrogens is 291 g/mol. The predicted molar refractivity (Wildman–Crippen MR) is 87.8 cm³/mol. The number of para-hydroxylation sites is 1. The highest BCUT2D eigenvalue weighted by molar-refractivity contribution is 5.95. The molecule has 0 spiro atoms. The van der Waals surface area contributed by atoms with Gasteiger partial charge in [-0.1, -0.05) is 30.3 Å². The number of carbonyl (C=O) groups excluding carboxylic acids is 1. The van der Waals surface area contributed by atoms with Gasteiger partial charge >= 0.3 is 0 Å². The molecule has 0 fully saturated rings. The Morgan fingerprint density at radius 2 is 1.83 bits per heavy atom. The molecule has 0 saturated heterocycles. The van der Waals surface area contributed by atoms with Crippen LogP contribution in [0.2, 0.25) is 0 Å². The minimum Gasteiger partial charge on any atom is -0.346 e. The number of rotatable bonds is 1. The molecule has 4 rings (SSSR count). The number of aryl methyl sites for hydroxylation is 1. The van der Waals surface area contributed by atoms with Crippen LogP contribution in [0, 0.1) is 5.82 Å². The molecule has 0 aliphatic carbocycles. The highest BCUT2D eigenvalue weighted by Gasteiger charge is 2.27. The van der Waals surface area contributed by atoms with Crippen molar-refractivity contribution in [3.63, 3.8) is 0 Å². The van der Waals surface area contributed by atoms with E-state index in [0.717, 1.165) is 12.1 Å². The first-order valence-electron chi connectivity index (χ1n) is 7.76. The summed E-state index contributed by atoms with van der Waals surface area (Å²) in [4.78, 5) is 14.4. The lowest BCUT2D eigenvalue weighted by Gasteiger charge is -2.28. The van der Waals surface area contributed by atoms with Crippen molar-refractivity contribution in [3.8, 4) is 0 Å². The second-order valence-corrected chi connectivity index (χ2v) is 5.96. The van der Waals surface area contributed by atoms with E-state index in [4.69, 9.17) is 0 Å². The molecule has 0 saturated carbocycles. The van der Waals surface area contributed by atoms with E-state index >= 15 is 0 Å². The molecule has 3 aromatic rings. The van der Waals surface area contributed by atoms with Crippen LogP contribution in [0.25, 0.3) is 10.9 Å². The van der Waals surface area contributed by atoms with Gasteiger partial charge in [-0.05, 0) is 30.2 Å². The average molecular weight is 308 g/mol. The molecule has 0 radical (unpaired) electrons. The van der Waals surface area contributed by atoms with Crippen molar-refractivity contribution in [1.82, 2.24) is 9.47 Å². The van der Waals surface area contributed by atoms with Crippen LogP contribution in [0.15, 0.2) is 48.5 Å². The zero-order valence-corrected chi connectivity index (χ0v) is 12.9. The maximum atomic E-state index is 13.9. The van der Waals surface area contributed by atoms with Crippen molar-refractivity contribution >= 4 is 16.8 Å². The number of hydrogen-bond acceptors (Lipinski definition) is 1. The molecule has 2 aromatic carbocycles. The quantitative estimate of drug-likeness (QED) is 0.675. The average Bonchev–Trinajstić information content (AvgIpc) is 2.88. The molecule has 2 heterocycles. The van der Waals surface area contributed by atoms with Crippen LogP contribution in [-0.4, -0.2) is 21.9 Å². The van der Waals surface area contributed by atoms with Gasteiger partial charge in [-0.25, -0.2) is 4.39 Å². The summed E-state index contributed by atoms with van der Waals surface area (Å²) in [7, 11) is 2.03. The van der Waals surface area contributed by atoms with E-state index < -0.39 is 5.82 Å². The Morgan fingerprint density at radius 3 is 2.65 bits per heavy atom. The Labute approximate surface area is 133 Å². The number of nitrogens with zero attached hydrogens (tertiary/aromatic N) is 2. The molecule has 1 aliphatic heterocycles. The summed E-state index contributed by atoms with van der Waals surface area (Å²) in [6.07, 6.45) is 0.802. The molecule has 0 atom stereocenters. The molecular formula is C19H17FN2O. The molecule has 0 unspecified atom stereocenters. The first-order chi connectivity index (χ1) is 11.2. The number of fused-ring (bicyclic) bond motifs is 3. The first-order valence-corrected chi connectivity index (χ1v) is 7.76. The lowest BCUT2D eigenvalue weighted by Crippen LogP contribution is -2.36. The van der Waals surface area contributed by atoms with E-state index in [1.807, 2.05) is 19.2 Å². The normalized spacial score (nSPS) is 14.1. The fraction of sp³-hybridized carbons (Fsp3) is 0.211. The molecule has 3 nitrogen and oxygen atoms in total. The van der Waals surface area contributed by atoms with Crippen molar-refractivity contribution in [1.29, 1.82) is 0 Å². The van der Waals surface area contributed by atoms with Crippen LogP contribution in [0.1, 0.15) is 21.6 Å². The third-order valence-electron chi connectivity index (χ3n) is 4.71. The first kappa shape index (κ1) is 14.0. The molecule has 1 aliphatic rings. The van der Waals surface area contributed by atoms with Gasteiger partial charge in [-0.3, -0.25) is 4.79 Å². The standard InChI is InChI=1S/C19H17FN2O/c1-21-17-9-5-3-6-13(17)14-10-11-22(12-18(14)21)19(23)15-7-2-4-8-16(15)20/h2-9H,10-12H2,1H3. The summed E-state index contributed by atoms with van der Waals surface area (Å²) < 4.78 is 16.0. The van der Waals surface area contributed by atoms with Crippen molar-refractivity contribution in [2.24, 2.45) is 7.05 Å². The van der Waals surface area contributed by atoms with E-state index in [-0.39, 0.29) is 11.5 Å². The second-order valence-electron chi connectivity index (χ2n) is 5.96. The fourth-order valence-electron chi connectivity index (χ4n) is 3.49. The lowest BCUT2D eigenvalue weighted by molar-refractivity contribution is 0.0726. The van der Waals surface area contributed by atoms with Gasteiger partial charge < -0.3 is 9.47 Å². The van der Waals surface area contributed by atoms with Gasteiger partial charge in [0.1, 0.15) is 5.82 Å². The zero-order valence-electron chi connectivity index (χ0n) is 12.9. The van der Waals surface area contributed by atoms with Gasteiger partial charge in [0, 0.05) is 30.2 Å². The van der Waals surface area contributed by atoms with Gasteiger partial charge in [0.25, 0.3) is 5.91 Å². The number of halogens is 1. The number of carbonyl (C=O) groups is 1. The second kappa shape index (κ2) is 5.23. The number of benzene rings is 2. The third-order valence-corrected chi connectivity index (χ3v) is 4.71. The highest BCUT2D eigenvalue weighted by atomic mass is 19.1. The fourth-order valence-corrected chi connectivity index (χ4v) is 3.49. The van der Waals surface area contributed by atoms with Crippen molar-refractivity contribution in [3.05, 3.63) is 71.2 Å². The molecule has 1 aromatic heterocycles. The summed E-state index contributed by atoms with van der Waals surface area (Å²) in [5.41, 5.74) is 3.77. The Kier molecular flexibility index (Phi) is 3.18. The Morgan fingerprint density at radius 1 is 1.09 bits per heavy atom. The van der Waals surface area contributed by atoms with E-state index in [9.17, 15) is 9.18 Å². The molecule has 0 bridgehead atoms. The minimum absolute atomic E-state index is 0.148. The van der Waals surface area contributed by atoms with Crippen LogP contribution in [0.4, 0.5) is 4.39 Å². The SMILES string of the molecule is Cn1c2c(c3ccccc31)CCN(C(=O)c1ccccc1F)C2. The molecule has 23 heavy (non-hydrogen) atoms. The van der Waals surface area contributed by atoms with Gasteiger partial charge in [-0.15, -0.1) is 0 Å². The summed E-state index contributed by atoms with van der Waals surface area (Å²) in [5, 5.41) is 1.25.